The Morgan fingerprint density at radius 1 is 0.588 bits per heavy atom. The minimum Gasteiger partial charge on any atom is -0.487 e. The molecule has 0 aromatic heterocycles. The maximum absolute atomic E-state index is 14.1. The number of ketones is 1. The summed E-state index contributed by atoms with van der Waals surface area (Å²) in [5.74, 6) is -4.76. The Labute approximate surface area is 281 Å². The molecule has 0 saturated heterocycles. The maximum atomic E-state index is 14.1. The Morgan fingerprint density at radius 3 is 1.29 bits per heavy atom. The average molecular weight is 749 g/mol. The minimum atomic E-state index is -6.60. The first-order valence-electron chi connectivity index (χ1n) is 14.6. The smallest absolute Gasteiger partial charge is 0.430 e. The van der Waals surface area contributed by atoms with E-state index in [9.17, 15) is 72.5 Å². The number of alkyl halides is 12. The molecular weight excluding hydrogens is 720 g/mol. The van der Waals surface area contributed by atoms with Crippen LogP contribution in [0.5, 0.6) is 11.5 Å². The molecule has 2 N–H and O–H groups in total. The summed E-state index contributed by atoms with van der Waals surface area (Å²) in [5, 5.41) is 20.6. The molecule has 0 amide bonds. The van der Waals surface area contributed by atoms with Crippen molar-refractivity contribution in [3.05, 3.63) is 82.9 Å². The fourth-order valence-corrected chi connectivity index (χ4v) is 4.75. The third-order valence-corrected chi connectivity index (χ3v) is 8.29. The van der Waals surface area contributed by atoms with Crippen LogP contribution in [0.3, 0.4) is 0 Å². The summed E-state index contributed by atoms with van der Waals surface area (Å²) in [5.41, 5.74) is -19.4. The second-order valence-corrected chi connectivity index (χ2v) is 11.6. The van der Waals surface area contributed by atoms with Crippen LogP contribution in [-0.4, -0.2) is 52.3 Å². The Kier molecular flexibility index (Phi) is 11.0. The predicted molar refractivity (Wildman–Crippen MR) is 155 cm³/mol. The summed E-state index contributed by atoms with van der Waals surface area (Å²) in [6.45, 7) is 5.44. The number of carbonyl (C=O) groups excluding carboxylic acids is 2. The van der Waals surface area contributed by atoms with E-state index < -0.39 is 92.6 Å². The second-order valence-electron chi connectivity index (χ2n) is 11.6. The molecule has 0 aliphatic rings. The third kappa shape index (κ3) is 7.66. The zero-order chi connectivity index (χ0) is 39.2. The largest absolute Gasteiger partial charge is 0.487 e. The third-order valence-electron chi connectivity index (χ3n) is 8.29. The molecule has 18 heteroatoms. The fourth-order valence-electron chi connectivity index (χ4n) is 4.75. The fraction of sp³-hybridized carbons (Fsp3) is 0.394. The molecule has 0 bridgehead atoms. The van der Waals surface area contributed by atoms with Crippen molar-refractivity contribution in [1.82, 2.24) is 0 Å². The van der Waals surface area contributed by atoms with Crippen LogP contribution in [0.4, 0.5) is 52.7 Å². The summed E-state index contributed by atoms with van der Waals surface area (Å²) in [6, 6.07) is 6.07. The van der Waals surface area contributed by atoms with Gasteiger partial charge in [0.1, 0.15) is 17.1 Å². The molecule has 0 heterocycles. The standard InChI is InChI=1S/C33H28F12O6/c1-5-27(4,6-2)51-25-14-12-21(16-23(25)29(49,32(40,41)42)33(43,44)45)20-11-13-24(22(15-20)28(48,30(34,35)36)31(37,38)39)50-26(47)19-9-7-18(8-10-19)17(3)46/h7-16,48-49H,5-6H2,1-4H3. The van der Waals surface area contributed by atoms with E-state index in [0.717, 1.165) is 31.2 Å². The first kappa shape index (κ1) is 41.1. The highest BCUT2D eigenvalue weighted by Gasteiger charge is 2.73. The Bertz CT molecular complexity index is 1720. The SMILES string of the molecule is CCC(C)(CC)Oc1ccc(-c2ccc(OC(=O)c3ccc(C(C)=O)cc3)c(C(O)(C(F)(F)F)C(F)(F)F)c2)cc1C(O)(C(F)(F)F)C(F)(F)F. The monoisotopic (exact) mass is 748 g/mol. The van der Waals surface area contributed by atoms with Crippen molar-refractivity contribution in [2.45, 2.75) is 82.0 Å². The van der Waals surface area contributed by atoms with Crippen molar-refractivity contribution < 1.29 is 82.0 Å². The highest BCUT2D eigenvalue weighted by molar-refractivity contribution is 5.96. The number of hydrogen-bond acceptors (Lipinski definition) is 6. The Balaban J connectivity index is 2.38. The Morgan fingerprint density at radius 2 is 0.941 bits per heavy atom. The molecule has 0 aliphatic carbocycles. The summed E-state index contributed by atoms with van der Waals surface area (Å²) < 4.78 is 179. The van der Waals surface area contributed by atoms with Crippen LogP contribution in [0.2, 0.25) is 0 Å². The summed E-state index contributed by atoms with van der Waals surface area (Å²) >= 11 is 0. The molecule has 51 heavy (non-hydrogen) atoms. The van der Waals surface area contributed by atoms with E-state index >= 15 is 0 Å². The lowest BCUT2D eigenvalue weighted by Crippen LogP contribution is -2.54. The van der Waals surface area contributed by atoms with E-state index in [1.165, 1.54) is 20.8 Å². The van der Waals surface area contributed by atoms with Gasteiger partial charge in [0.05, 0.1) is 5.56 Å². The molecule has 3 rings (SSSR count). The lowest BCUT2D eigenvalue weighted by molar-refractivity contribution is -0.377. The van der Waals surface area contributed by atoms with Gasteiger partial charge in [0.25, 0.3) is 11.2 Å². The number of aliphatic hydroxyl groups is 2. The summed E-state index contributed by atoms with van der Waals surface area (Å²) in [4.78, 5) is 24.3. The van der Waals surface area contributed by atoms with Crippen LogP contribution < -0.4 is 9.47 Å². The van der Waals surface area contributed by atoms with E-state index in [4.69, 9.17) is 9.47 Å². The van der Waals surface area contributed by atoms with Crippen LogP contribution in [0.25, 0.3) is 11.1 Å². The van der Waals surface area contributed by atoms with Crippen LogP contribution in [0, 0.1) is 0 Å². The topological polar surface area (TPSA) is 93.1 Å². The quantitative estimate of drug-likeness (QED) is 0.0930. The van der Waals surface area contributed by atoms with Gasteiger partial charge in [-0.3, -0.25) is 4.79 Å². The molecule has 0 aliphatic heterocycles. The number of benzene rings is 3. The first-order valence-corrected chi connectivity index (χ1v) is 14.6. The lowest BCUT2D eigenvalue weighted by atomic mass is 9.86. The Hall–Kier alpha value is -4.32. The van der Waals surface area contributed by atoms with Gasteiger partial charge in [-0.15, -0.1) is 0 Å². The number of halogens is 12. The van der Waals surface area contributed by atoms with Gasteiger partial charge in [0.2, 0.25) is 0 Å². The zero-order valence-corrected chi connectivity index (χ0v) is 26.8. The van der Waals surface area contributed by atoms with Crippen molar-refractivity contribution in [3.8, 4) is 22.6 Å². The van der Waals surface area contributed by atoms with Gasteiger partial charge in [-0.2, -0.15) is 52.7 Å². The van der Waals surface area contributed by atoms with Gasteiger partial charge in [-0.05, 0) is 74.2 Å². The van der Waals surface area contributed by atoms with E-state index in [0.29, 0.717) is 24.3 Å². The maximum Gasteiger partial charge on any atom is 0.430 e. The predicted octanol–water partition coefficient (Wildman–Crippen LogP) is 9.36. The van der Waals surface area contributed by atoms with Gasteiger partial charge in [-0.1, -0.05) is 38.1 Å². The molecule has 0 saturated carbocycles. The number of Topliss-reactive ketones (excluding diaryl/α,β-unsaturated/α-hetero) is 1. The van der Waals surface area contributed by atoms with Gasteiger partial charge in [-0.25, -0.2) is 4.79 Å². The van der Waals surface area contributed by atoms with Gasteiger partial charge < -0.3 is 19.7 Å². The molecule has 3 aromatic rings. The molecule has 280 valence electrons. The van der Waals surface area contributed by atoms with Crippen molar-refractivity contribution in [1.29, 1.82) is 0 Å². The minimum absolute atomic E-state index is 0.0175. The van der Waals surface area contributed by atoms with Crippen LogP contribution in [0.15, 0.2) is 60.7 Å². The van der Waals surface area contributed by atoms with E-state index in [1.807, 2.05) is 0 Å². The van der Waals surface area contributed by atoms with Gasteiger partial charge in [0.15, 0.2) is 5.78 Å². The van der Waals surface area contributed by atoms with E-state index in [2.05, 4.69) is 0 Å². The number of hydrogen-bond donors (Lipinski definition) is 2. The van der Waals surface area contributed by atoms with Crippen molar-refractivity contribution in [2.24, 2.45) is 0 Å². The molecule has 0 radical (unpaired) electrons. The summed E-state index contributed by atoms with van der Waals surface area (Å²) in [7, 11) is 0. The molecule has 0 unspecified atom stereocenters. The highest BCUT2D eigenvalue weighted by atomic mass is 19.4. The molecule has 0 spiro atoms. The van der Waals surface area contributed by atoms with Gasteiger partial charge >= 0.3 is 30.7 Å². The number of rotatable bonds is 10. The van der Waals surface area contributed by atoms with Crippen molar-refractivity contribution >= 4 is 11.8 Å². The van der Waals surface area contributed by atoms with Crippen molar-refractivity contribution in [2.75, 3.05) is 0 Å². The average Bonchev–Trinajstić information content (AvgIpc) is 3.02. The van der Waals surface area contributed by atoms with Crippen LogP contribution in [0.1, 0.15) is 72.4 Å². The number of esters is 1. The highest BCUT2D eigenvalue weighted by Crippen LogP contribution is 2.55. The number of carbonyl (C=O) groups is 2. The molecule has 0 fully saturated rings. The second kappa shape index (κ2) is 13.7. The molecular formula is C33H28F12O6. The zero-order valence-electron chi connectivity index (χ0n) is 26.8. The lowest BCUT2D eigenvalue weighted by Gasteiger charge is -2.36. The first-order chi connectivity index (χ1) is 23.1. The van der Waals surface area contributed by atoms with Crippen LogP contribution in [-0.2, 0) is 11.2 Å². The van der Waals surface area contributed by atoms with Crippen molar-refractivity contribution in [3.63, 3.8) is 0 Å². The number of ether oxygens (including phenoxy) is 2. The van der Waals surface area contributed by atoms with E-state index in [1.54, 1.807) is 0 Å². The summed E-state index contributed by atoms with van der Waals surface area (Å²) in [6.07, 6.45) is -26.1. The molecule has 3 aromatic carbocycles. The van der Waals surface area contributed by atoms with Crippen LogP contribution >= 0.6 is 0 Å². The molecule has 6 nitrogen and oxygen atoms in total. The van der Waals surface area contributed by atoms with Gasteiger partial charge in [0, 0.05) is 16.7 Å². The van der Waals surface area contributed by atoms with E-state index in [-0.39, 0.29) is 30.5 Å². The normalized spacial score (nSPS) is 13.6. The molecule has 0 atom stereocenters.